The molecule has 0 aliphatic heterocycles. The van der Waals surface area contributed by atoms with E-state index in [1.807, 2.05) is 54.6 Å². The van der Waals surface area contributed by atoms with Gasteiger partial charge < -0.3 is 5.73 Å². The molecule has 3 aromatic rings. The number of benzene rings is 2. The SMILES string of the molecule is CS(=O)(=O)c1cnc(N)nc1-c1ccc(-c2ccccc2)cc1. The number of nitrogen functional groups attached to an aromatic ring is 1. The van der Waals surface area contributed by atoms with Crippen LogP contribution in [0.2, 0.25) is 0 Å². The smallest absolute Gasteiger partial charge is 0.220 e. The molecule has 0 amide bonds. The van der Waals surface area contributed by atoms with Crippen molar-refractivity contribution >= 4 is 15.8 Å². The predicted octanol–water partition coefficient (Wildman–Crippen LogP) is 2.80. The van der Waals surface area contributed by atoms with Gasteiger partial charge in [0.25, 0.3) is 0 Å². The number of hydrogen-bond acceptors (Lipinski definition) is 5. The van der Waals surface area contributed by atoms with Crippen LogP contribution >= 0.6 is 0 Å². The fourth-order valence-electron chi connectivity index (χ4n) is 2.31. The summed E-state index contributed by atoms with van der Waals surface area (Å²) in [5.74, 6) is 0.0412. The largest absolute Gasteiger partial charge is 0.368 e. The number of hydrogen-bond donors (Lipinski definition) is 1. The summed E-state index contributed by atoms with van der Waals surface area (Å²) < 4.78 is 23.8. The third kappa shape index (κ3) is 3.22. The third-order valence-corrected chi connectivity index (χ3v) is 4.54. The van der Waals surface area contributed by atoms with Crippen molar-refractivity contribution in [2.45, 2.75) is 4.90 Å². The second-order valence-corrected chi connectivity index (χ2v) is 7.14. The van der Waals surface area contributed by atoms with Gasteiger partial charge in [-0.25, -0.2) is 18.4 Å². The molecule has 23 heavy (non-hydrogen) atoms. The summed E-state index contributed by atoms with van der Waals surface area (Å²) in [6.07, 6.45) is 2.38. The second kappa shape index (κ2) is 5.81. The van der Waals surface area contributed by atoms with Crippen LogP contribution in [0.25, 0.3) is 22.4 Å². The van der Waals surface area contributed by atoms with E-state index >= 15 is 0 Å². The van der Waals surface area contributed by atoms with E-state index in [0.717, 1.165) is 17.4 Å². The minimum Gasteiger partial charge on any atom is -0.368 e. The van der Waals surface area contributed by atoms with E-state index < -0.39 is 9.84 Å². The van der Waals surface area contributed by atoms with Gasteiger partial charge >= 0.3 is 0 Å². The number of nitrogens with zero attached hydrogens (tertiary/aromatic N) is 2. The molecule has 6 heteroatoms. The topological polar surface area (TPSA) is 85.9 Å². The summed E-state index contributed by atoms with van der Waals surface area (Å²) in [5, 5.41) is 0. The van der Waals surface area contributed by atoms with Crippen molar-refractivity contribution in [1.29, 1.82) is 0 Å². The minimum absolute atomic E-state index is 0.0412. The maximum Gasteiger partial charge on any atom is 0.220 e. The number of sulfone groups is 1. The Labute approximate surface area is 134 Å². The van der Waals surface area contributed by atoms with Crippen LogP contribution in [0.3, 0.4) is 0 Å². The second-order valence-electron chi connectivity index (χ2n) is 5.16. The highest BCUT2D eigenvalue weighted by atomic mass is 32.2. The van der Waals surface area contributed by atoms with Crippen LogP contribution in [0.4, 0.5) is 5.95 Å². The Morgan fingerprint density at radius 1 is 0.870 bits per heavy atom. The summed E-state index contributed by atoms with van der Waals surface area (Å²) in [6.45, 7) is 0. The molecule has 0 spiro atoms. The Morgan fingerprint density at radius 3 is 2.04 bits per heavy atom. The van der Waals surface area contributed by atoms with Gasteiger partial charge in [0, 0.05) is 11.8 Å². The van der Waals surface area contributed by atoms with Gasteiger partial charge in [-0.15, -0.1) is 0 Å². The van der Waals surface area contributed by atoms with Gasteiger partial charge in [0.1, 0.15) is 4.90 Å². The van der Waals surface area contributed by atoms with Gasteiger partial charge in [0.2, 0.25) is 5.95 Å². The van der Waals surface area contributed by atoms with Crippen molar-refractivity contribution < 1.29 is 8.42 Å². The van der Waals surface area contributed by atoms with Crippen molar-refractivity contribution in [2.24, 2.45) is 0 Å². The Bertz CT molecular complexity index is 937. The molecule has 1 heterocycles. The van der Waals surface area contributed by atoms with Crippen molar-refractivity contribution in [1.82, 2.24) is 9.97 Å². The Hall–Kier alpha value is -2.73. The third-order valence-electron chi connectivity index (χ3n) is 3.44. The fourth-order valence-corrected chi connectivity index (χ4v) is 3.07. The van der Waals surface area contributed by atoms with E-state index in [0.29, 0.717) is 11.3 Å². The molecule has 2 aromatic carbocycles. The Morgan fingerprint density at radius 2 is 1.43 bits per heavy atom. The summed E-state index contributed by atoms with van der Waals surface area (Å²) in [5.41, 5.74) is 8.74. The highest BCUT2D eigenvalue weighted by molar-refractivity contribution is 7.90. The molecule has 1 aromatic heterocycles. The number of rotatable bonds is 3. The molecule has 0 saturated heterocycles. The van der Waals surface area contributed by atoms with Crippen LogP contribution in [-0.2, 0) is 9.84 Å². The molecular formula is C17H15N3O2S. The molecular weight excluding hydrogens is 310 g/mol. The van der Waals surface area contributed by atoms with E-state index in [9.17, 15) is 8.42 Å². The highest BCUT2D eigenvalue weighted by Gasteiger charge is 2.17. The zero-order valence-corrected chi connectivity index (χ0v) is 13.3. The zero-order valence-electron chi connectivity index (χ0n) is 12.5. The monoisotopic (exact) mass is 325 g/mol. The van der Waals surface area contributed by atoms with Crippen LogP contribution in [0.1, 0.15) is 0 Å². The molecule has 5 nitrogen and oxygen atoms in total. The lowest BCUT2D eigenvalue weighted by molar-refractivity contribution is 0.601. The first-order chi connectivity index (χ1) is 10.9. The van der Waals surface area contributed by atoms with Crippen molar-refractivity contribution in [3.05, 3.63) is 60.8 Å². The molecule has 3 rings (SSSR count). The quantitative estimate of drug-likeness (QED) is 0.800. The molecule has 0 unspecified atom stereocenters. The summed E-state index contributed by atoms with van der Waals surface area (Å²) in [4.78, 5) is 7.95. The molecule has 0 saturated carbocycles. The van der Waals surface area contributed by atoms with Crippen molar-refractivity contribution in [3.8, 4) is 22.4 Å². The normalized spacial score (nSPS) is 11.3. The van der Waals surface area contributed by atoms with Crippen molar-refractivity contribution in [3.63, 3.8) is 0 Å². The molecule has 0 aliphatic carbocycles. The van der Waals surface area contributed by atoms with Crippen LogP contribution < -0.4 is 5.73 Å². The lowest BCUT2D eigenvalue weighted by Gasteiger charge is -2.08. The molecule has 0 bridgehead atoms. The number of aromatic nitrogens is 2. The summed E-state index contributed by atoms with van der Waals surface area (Å²) in [7, 11) is -3.44. The maximum atomic E-state index is 11.9. The zero-order chi connectivity index (χ0) is 16.4. The lowest BCUT2D eigenvalue weighted by Crippen LogP contribution is -2.05. The van der Waals surface area contributed by atoms with Crippen LogP contribution in [0.5, 0.6) is 0 Å². The summed E-state index contributed by atoms with van der Waals surface area (Å²) >= 11 is 0. The average molecular weight is 325 g/mol. The molecule has 0 fully saturated rings. The van der Waals surface area contributed by atoms with Crippen LogP contribution in [0.15, 0.2) is 65.7 Å². The van der Waals surface area contributed by atoms with Gasteiger partial charge in [-0.3, -0.25) is 0 Å². The summed E-state index contributed by atoms with van der Waals surface area (Å²) in [6, 6.07) is 17.4. The van der Waals surface area contributed by atoms with E-state index in [1.54, 1.807) is 0 Å². The first-order valence-electron chi connectivity index (χ1n) is 6.93. The molecule has 0 aliphatic rings. The lowest BCUT2D eigenvalue weighted by atomic mass is 10.0. The molecule has 116 valence electrons. The standard InChI is InChI=1S/C17H15N3O2S/c1-23(21,22)15-11-19-17(18)20-16(15)14-9-7-13(8-10-14)12-5-3-2-4-6-12/h2-11H,1H3,(H2,18,19,20). The van der Waals surface area contributed by atoms with Gasteiger partial charge in [-0.2, -0.15) is 0 Å². The predicted molar refractivity (Wildman–Crippen MR) is 90.4 cm³/mol. The first kappa shape index (κ1) is 15.2. The first-order valence-corrected chi connectivity index (χ1v) is 8.83. The fraction of sp³-hybridized carbons (Fsp3) is 0.0588. The van der Waals surface area contributed by atoms with Crippen LogP contribution in [0, 0.1) is 0 Å². The minimum atomic E-state index is -3.44. The van der Waals surface area contributed by atoms with E-state index in [1.165, 1.54) is 6.20 Å². The average Bonchev–Trinajstić information content (AvgIpc) is 2.55. The van der Waals surface area contributed by atoms with Gasteiger partial charge in [0.05, 0.1) is 11.9 Å². The molecule has 2 N–H and O–H groups in total. The number of nitrogens with two attached hydrogens (primary N) is 1. The van der Waals surface area contributed by atoms with E-state index in [4.69, 9.17) is 5.73 Å². The Balaban J connectivity index is 2.08. The molecule has 0 atom stereocenters. The van der Waals surface area contributed by atoms with Gasteiger partial charge in [-0.05, 0) is 11.1 Å². The van der Waals surface area contributed by atoms with E-state index in [-0.39, 0.29) is 10.8 Å². The van der Waals surface area contributed by atoms with Crippen molar-refractivity contribution in [2.75, 3.05) is 12.0 Å². The molecule has 0 radical (unpaired) electrons. The van der Waals surface area contributed by atoms with Crippen LogP contribution in [-0.4, -0.2) is 24.6 Å². The van der Waals surface area contributed by atoms with Gasteiger partial charge in [-0.1, -0.05) is 54.6 Å². The number of anilines is 1. The maximum absolute atomic E-state index is 11.9. The van der Waals surface area contributed by atoms with Gasteiger partial charge in [0.15, 0.2) is 9.84 Å². The Kier molecular flexibility index (Phi) is 3.83. The highest BCUT2D eigenvalue weighted by Crippen LogP contribution is 2.28. The van der Waals surface area contributed by atoms with E-state index in [2.05, 4.69) is 9.97 Å².